The second-order valence-corrected chi connectivity index (χ2v) is 13.8. The van der Waals surface area contributed by atoms with E-state index in [1.54, 1.807) is 0 Å². The Morgan fingerprint density at radius 1 is 0.690 bits per heavy atom. The lowest BCUT2D eigenvalue weighted by molar-refractivity contribution is 0.593. The lowest BCUT2D eigenvalue weighted by Crippen LogP contribution is -2.25. The fourth-order valence-corrected chi connectivity index (χ4v) is 9.30. The highest BCUT2D eigenvalue weighted by Crippen LogP contribution is 2.45. The van der Waals surface area contributed by atoms with Crippen molar-refractivity contribution in [1.82, 2.24) is 4.57 Å². The van der Waals surface area contributed by atoms with Gasteiger partial charge < -0.3 is 10.3 Å². The number of hydrogen-bond donors (Lipinski definition) is 1. The highest BCUT2D eigenvalue weighted by atomic mass is 32.1. The summed E-state index contributed by atoms with van der Waals surface area (Å²) in [6, 6.07) is 46.8. The van der Waals surface area contributed by atoms with E-state index in [0.29, 0.717) is 31.7 Å². The van der Waals surface area contributed by atoms with Gasteiger partial charge in [-0.2, -0.15) is 0 Å². The normalized spacial score (nSPS) is 12.4. The zero-order valence-corrected chi connectivity index (χ0v) is 24.8. The monoisotopic (exact) mass is 584 g/mol. The second-order valence-electron chi connectivity index (χ2n) is 9.78. The van der Waals surface area contributed by atoms with Gasteiger partial charge in [0, 0.05) is 21.9 Å². The van der Waals surface area contributed by atoms with Crippen LogP contribution in [0.25, 0.3) is 5.69 Å². The maximum Gasteiger partial charge on any atom is 0.198 e. The van der Waals surface area contributed by atoms with Crippen LogP contribution in [-0.2, 0) is 4.57 Å². The van der Waals surface area contributed by atoms with Crippen LogP contribution in [-0.4, -0.2) is 10.4 Å². The van der Waals surface area contributed by atoms with Crippen LogP contribution in [0.2, 0.25) is 0 Å². The lowest BCUT2D eigenvalue weighted by atomic mass is 10.1. The van der Waals surface area contributed by atoms with Crippen LogP contribution >= 0.6 is 18.5 Å². The molecule has 2 N–H and O–H groups in total. The van der Waals surface area contributed by atoms with E-state index in [-0.39, 0.29) is 0 Å². The number of nitrogen functional groups attached to an aromatic ring is 1. The fraction of sp³-hybridized carbons (Fsp3) is 0.0286. The Morgan fingerprint density at radius 2 is 1.19 bits per heavy atom. The Labute approximate surface area is 249 Å². The van der Waals surface area contributed by atoms with Crippen LogP contribution in [0.5, 0.6) is 0 Å². The van der Waals surface area contributed by atoms with E-state index in [2.05, 4.69) is 6.92 Å². The molecule has 0 aliphatic carbocycles. The molecule has 0 fully saturated rings. The topological polar surface area (TPSA) is 72.7 Å². The van der Waals surface area contributed by atoms with E-state index in [1.807, 2.05) is 150 Å². The number of benzene rings is 5. The van der Waals surface area contributed by atoms with Crippen molar-refractivity contribution in [2.24, 2.45) is 9.98 Å². The Morgan fingerprint density at radius 3 is 1.74 bits per heavy atom. The van der Waals surface area contributed by atoms with Crippen LogP contribution in [0.1, 0.15) is 11.1 Å². The van der Waals surface area contributed by atoms with Gasteiger partial charge in [-0.15, -0.1) is 0 Å². The number of nitrogens with two attached hydrogens (primary N) is 1. The van der Waals surface area contributed by atoms with Gasteiger partial charge in [0.15, 0.2) is 17.8 Å². The maximum atomic E-state index is 15.4. The molecule has 0 unspecified atom stereocenters. The van der Waals surface area contributed by atoms with Crippen LogP contribution in [0.4, 0.5) is 11.5 Å². The van der Waals surface area contributed by atoms with Gasteiger partial charge >= 0.3 is 0 Å². The quantitative estimate of drug-likeness (QED) is 0.134. The predicted octanol–water partition coefficient (Wildman–Crippen LogP) is 6.75. The molecule has 0 radical (unpaired) electrons. The fourth-order valence-electron chi connectivity index (χ4n) is 4.74. The van der Waals surface area contributed by atoms with Gasteiger partial charge in [0.05, 0.1) is 5.69 Å². The first-order chi connectivity index (χ1) is 20.5. The first kappa shape index (κ1) is 27.4. The Hall–Kier alpha value is -4.77. The first-order valence-corrected chi connectivity index (χ1v) is 16.1. The Bertz CT molecular complexity index is 1910. The molecule has 42 heavy (non-hydrogen) atoms. The van der Waals surface area contributed by atoms with Gasteiger partial charge in [0.2, 0.25) is 0 Å². The molecule has 6 aromatic rings. The van der Waals surface area contributed by atoms with Gasteiger partial charge in [-0.05, 0) is 31.2 Å². The number of aromatic nitrogens is 1. The minimum atomic E-state index is -3.36. The van der Waals surface area contributed by atoms with E-state index in [0.717, 1.165) is 22.5 Å². The molecule has 0 bridgehead atoms. The smallest absolute Gasteiger partial charge is 0.198 e. The zero-order valence-electron chi connectivity index (χ0n) is 23.0. The first-order valence-electron chi connectivity index (χ1n) is 13.6. The molecule has 0 atom stereocenters. The molecule has 1 heterocycles. The Balaban J connectivity index is 1.67. The molecule has 0 aliphatic rings. The average molecular weight is 585 g/mol. The van der Waals surface area contributed by atoms with Gasteiger partial charge in [-0.25, -0.2) is 9.98 Å². The third-order valence-electron chi connectivity index (χ3n) is 6.88. The molecule has 0 aliphatic heterocycles. The minimum absolute atomic E-state index is 0.393. The summed E-state index contributed by atoms with van der Waals surface area (Å²) in [7, 11) is -3.36. The summed E-state index contributed by atoms with van der Waals surface area (Å²) >= 11 is 1.34. The van der Waals surface area contributed by atoms with Crippen molar-refractivity contribution in [3.63, 3.8) is 0 Å². The van der Waals surface area contributed by atoms with Crippen molar-refractivity contribution in [1.29, 1.82) is 0 Å². The van der Waals surface area contributed by atoms with Crippen molar-refractivity contribution in [3.8, 4) is 5.69 Å². The molecular weight excluding hydrogens is 555 g/mol. The largest absolute Gasteiger partial charge is 0.383 e. The average Bonchev–Trinajstić information content (AvgIpc) is 3.38. The third kappa shape index (κ3) is 5.42. The van der Waals surface area contributed by atoms with Crippen molar-refractivity contribution in [2.75, 3.05) is 5.73 Å². The standard InChI is InChI=1S/C35H29N4OPS/c1-26-22-24-27(25-23-26)33(37-28-14-6-2-7-15-28)38-35-39(29-16-8-3-9-17-29)32(36)34(42-35)41(40,30-18-10-4-11-19-30)31-20-12-5-13-21-31/h2-25H,36H2,1H3. The SMILES string of the molecule is Cc1ccc(C(=Nc2ccccc2)N=c2sc(P(=O)(c3ccccc3)c3ccccc3)c(N)n2-c2ccccc2)cc1. The summed E-state index contributed by atoms with van der Waals surface area (Å²) in [6.45, 7) is 2.05. The predicted molar refractivity (Wildman–Crippen MR) is 177 cm³/mol. The molecule has 5 aromatic carbocycles. The highest BCUT2D eigenvalue weighted by molar-refractivity contribution is 7.89. The van der Waals surface area contributed by atoms with Crippen molar-refractivity contribution < 1.29 is 4.57 Å². The van der Waals surface area contributed by atoms with E-state index in [1.165, 1.54) is 11.3 Å². The van der Waals surface area contributed by atoms with Crippen molar-refractivity contribution >= 4 is 51.0 Å². The lowest BCUT2D eigenvalue weighted by Gasteiger charge is -2.19. The number of anilines is 1. The molecule has 7 heteroatoms. The number of para-hydroxylation sites is 2. The summed E-state index contributed by atoms with van der Waals surface area (Å²) < 4.78 is 17.8. The van der Waals surface area contributed by atoms with E-state index in [4.69, 9.17) is 15.7 Å². The second kappa shape index (κ2) is 12.0. The molecule has 1 aromatic heterocycles. The van der Waals surface area contributed by atoms with E-state index < -0.39 is 7.14 Å². The number of aliphatic imine (C=N–C) groups is 1. The molecule has 206 valence electrons. The molecular formula is C35H29N4OPS. The van der Waals surface area contributed by atoms with Crippen molar-refractivity contribution in [3.05, 3.63) is 162 Å². The van der Waals surface area contributed by atoms with E-state index >= 15 is 4.57 Å². The summed E-state index contributed by atoms with van der Waals surface area (Å²) in [5.41, 5.74) is 10.6. The summed E-state index contributed by atoms with van der Waals surface area (Å²) in [5, 5.41) is 1.43. The summed E-state index contributed by atoms with van der Waals surface area (Å²) in [4.78, 5) is 10.7. The summed E-state index contributed by atoms with van der Waals surface area (Å²) in [5.74, 6) is 0.928. The number of rotatable bonds is 6. The van der Waals surface area contributed by atoms with Gasteiger partial charge in [-0.1, -0.05) is 138 Å². The highest BCUT2D eigenvalue weighted by Gasteiger charge is 2.35. The molecule has 0 saturated carbocycles. The molecule has 0 saturated heterocycles. The summed E-state index contributed by atoms with van der Waals surface area (Å²) in [6.07, 6.45) is 0. The number of amidine groups is 1. The minimum Gasteiger partial charge on any atom is -0.383 e. The zero-order chi connectivity index (χ0) is 28.9. The van der Waals surface area contributed by atoms with Gasteiger partial charge in [0.1, 0.15) is 10.4 Å². The van der Waals surface area contributed by atoms with Crippen LogP contribution in [0.15, 0.2) is 156 Å². The number of aryl methyl sites for hydroxylation is 1. The van der Waals surface area contributed by atoms with Crippen LogP contribution < -0.4 is 25.8 Å². The van der Waals surface area contributed by atoms with Gasteiger partial charge in [-0.3, -0.25) is 4.57 Å². The number of nitrogens with zero attached hydrogens (tertiary/aromatic N) is 3. The number of hydrogen-bond acceptors (Lipinski definition) is 4. The van der Waals surface area contributed by atoms with Crippen LogP contribution in [0.3, 0.4) is 0 Å². The maximum absolute atomic E-state index is 15.4. The van der Waals surface area contributed by atoms with Crippen LogP contribution in [0, 0.1) is 6.92 Å². The molecule has 5 nitrogen and oxygen atoms in total. The third-order valence-corrected chi connectivity index (χ3v) is 11.6. The molecule has 0 amide bonds. The Kier molecular flexibility index (Phi) is 7.83. The van der Waals surface area contributed by atoms with Gasteiger partial charge in [0.25, 0.3) is 0 Å². The molecule has 6 rings (SSSR count). The number of thiazole rings is 1. The van der Waals surface area contributed by atoms with Crippen molar-refractivity contribution in [2.45, 2.75) is 6.92 Å². The molecule has 0 spiro atoms. The van der Waals surface area contributed by atoms with E-state index in [9.17, 15) is 0 Å².